The van der Waals surface area contributed by atoms with Crippen molar-refractivity contribution in [3.05, 3.63) is 34.9 Å². The number of rotatable bonds is 4. The van der Waals surface area contributed by atoms with Crippen molar-refractivity contribution in [2.24, 2.45) is 5.73 Å². The number of ether oxygens (including phenoxy) is 1. The van der Waals surface area contributed by atoms with Crippen LogP contribution in [0.5, 0.6) is 0 Å². The Balaban J connectivity index is 2.15. The molecule has 20 heavy (non-hydrogen) atoms. The van der Waals surface area contributed by atoms with Crippen molar-refractivity contribution in [2.45, 2.75) is 19.0 Å². The van der Waals surface area contributed by atoms with Gasteiger partial charge in [0.25, 0.3) is 0 Å². The van der Waals surface area contributed by atoms with Crippen molar-refractivity contribution in [3.8, 4) is 0 Å². The SMILES string of the molecule is COCC(N)C(=O)N1CCc2ccc(C(=O)O)cc2C1. The summed E-state index contributed by atoms with van der Waals surface area (Å²) in [5, 5.41) is 9.00. The van der Waals surface area contributed by atoms with Gasteiger partial charge in [0.1, 0.15) is 6.04 Å². The summed E-state index contributed by atoms with van der Waals surface area (Å²) >= 11 is 0. The topological polar surface area (TPSA) is 92.9 Å². The summed E-state index contributed by atoms with van der Waals surface area (Å²) in [5.41, 5.74) is 7.93. The number of hydrogen-bond donors (Lipinski definition) is 2. The number of fused-ring (bicyclic) bond motifs is 1. The minimum atomic E-state index is -0.965. The average molecular weight is 278 g/mol. The summed E-state index contributed by atoms with van der Waals surface area (Å²) in [6.45, 7) is 1.17. The molecule has 0 aromatic heterocycles. The molecular weight excluding hydrogens is 260 g/mol. The Morgan fingerprint density at radius 3 is 2.85 bits per heavy atom. The maximum absolute atomic E-state index is 12.1. The fraction of sp³-hybridized carbons (Fsp3) is 0.429. The average Bonchev–Trinajstić information content (AvgIpc) is 2.45. The molecule has 1 aliphatic rings. The zero-order chi connectivity index (χ0) is 14.7. The highest BCUT2D eigenvalue weighted by atomic mass is 16.5. The Morgan fingerprint density at radius 1 is 1.45 bits per heavy atom. The molecule has 0 radical (unpaired) electrons. The fourth-order valence-electron chi connectivity index (χ4n) is 2.36. The smallest absolute Gasteiger partial charge is 0.335 e. The van der Waals surface area contributed by atoms with Gasteiger partial charge in [0, 0.05) is 20.2 Å². The van der Waals surface area contributed by atoms with E-state index in [4.69, 9.17) is 15.6 Å². The maximum Gasteiger partial charge on any atom is 0.335 e. The van der Waals surface area contributed by atoms with Gasteiger partial charge in [-0.1, -0.05) is 6.07 Å². The van der Waals surface area contributed by atoms with Crippen LogP contribution in [0.25, 0.3) is 0 Å². The number of carboxylic acid groups (broad SMARTS) is 1. The first-order valence-electron chi connectivity index (χ1n) is 6.41. The van der Waals surface area contributed by atoms with Gasteiger partial charge in [-0.3, -0.25) is 4.79 Å². The van der Waals surface area contributed by atoms with Crippen molar-refractivity contribution in [2.75, 3.05) is 20.3 Å². The standard InChI is InChI=1S/C14H18N2O4/c1-20-8-12(15)13(17)16-5-4-9-2-3-10(14(18)19)6-11(9)7-16/h2-3,6,12H,4-5,7-8,15H2,1H3,(H,18,19). The predicted molar refractivity (Wildman–Crippen MR) is 72.4 cm³/mol. The van der Waals surface area contributed by atoms with E-state index in [1.165, 1.54) is 7.11 Å². The van der Waals surface area contributed by atoms with Gasteiger partial charge >= 0.3 is 5.97 Å². The molecule has 108 valence electrons. The molecule has 6 nitrogen and oxygen atoms in total. The second kappa shape index (κ2) is 6.02. The number of amides is 1. The van der Waals surface area contributed by atoms with Gasteiger partial charge in [0.2, 0.25) is 5.91 Å². The summed E-state index contributed by atoms with van der Waals surface area (Å²) in [6, 6.07) is 4.36. The largest absolute Gasteiger partial charge is 0.478 e. The molecular formula is C14H18N2O4. The number of methoxy groups -OCH3 is 1. The first-order chi connectivity index (χ1) is 9.52. The van der Waals surface area contributed by atoms with Crippen LogP contribution in [-0.2, 0) is 22.5 Å². The molecule has 1 heterocycles. The Kier molecular flexibility index (Phi) is 4.36. The van der Waals surface area contributed by atoms with E-state index in [1.54, 1.807) is 17.0 Å². The third-order valence-electron chi connectivity index (χ3n) is 3.44. The summed E-state index contributed by atoms with van der Waals surface area (Å²) < 4.78 is 4.89. The number of aromatic carboxylic acids is 1. The van der Waals surface area contributed by atoms with Crippen LogP contribution >= 0.6 is 0 Å². The van der Waals surface area contributed by atoms with E-state index in [0.717, 1.165) is 11.1 Å². The van der Waals surface area contributed by atoms with E-state index in [0.29, 0.717) is 19.5 Å². The summed E-state index contributed by atoms with van der Waals surface area (Å²) in [7, 11) is 1.50. The number of benzene rings is 1. The van der Waals surface area contributed by atoms with Crippen molar-refractivity contribution in [1.82, 2.24) is 4.90 Å². The highest BCUT2D eigenvalue weighted by molar-refractivity contribution is 5.88. The first-order valence-corrected chi connectivity index (χ1v) is 6.41. The predicted octanol–water partition coefficient (Wildman–Crippen LogP) is 0.243. The van der Waals surface area contributed by atoms with Crippen molar-refractivity contribution in [3.63, 3.8) is 0 Å². The van der Waals surface area contributed by atoms with E-state index in [1.807, 2.05) is 6.07 Å². The second-order valence-electron chi connectivity index (χ2n) is 4.86. The Labute approximate surface area is 117 Å². The van der Waals surface area contributed by atoms with Gasteiger partial charge in [-0.05, 0) is 29.7 Å². The lowest BCUT2D eigenvalue weighted by Gasteiger charge is -2.30. The zero-order valence-corrected chi connectivity index (χ0v) is 11.3. The summed E-state index contributed by atoms with van der Waals surface area (Å²) in [5.74, 6) is -1.13. The molecule has 2 rings (SSSR count). The lowest BCUT2D eigenvalue weighted by Crippen LogP contribution is -2.47. The number of nitrogens with zero attached hydrogens (tertiary/aromatic N) is 1. The van der Waals surface area contributed by atoms with E-state index in [-0.39, 0.29) is 18.1 Å². The molecule has 0 bridgehead atoms. The van der Waals surface area contributed by atoms with Crippen LogP contribution in [0.3, 0.4) is 0 Å². The molecule has 1 unspecified atom stereocenters. The van der Waals surface area contributed by atoms with E-state index in [9.17, 15) is 9.59 Å². The van der Waals surface area contributed by atoms with Gasteiger partial charge in [0.15, 0.2) is 0 Å². The van der Waals surface area contributed by atoms with Crippen LogP contribution in [0.2, 0.25) is 0 Å². The van der Waals surface area contributed by atoms with Crippen LogP contribution in [0, 0.1) is 0 Å². The van der Waals surface area contributed by atoms with E-state index in [2.05, 4.69) is 0 Å². The van der Waals surface area contributed by atoms with Crippen LogP contribution in [0.1, 0.15) is 21.5 Å². The third-order valence-corrected chi connectivity index (χ3v) is 3.44. The van der Waals surface area contributed by atoms with Crippen molar-refractivity contribution >= 4 is 11.9 Å². The molecule has 6 heteroatoms. The van der Waals surface area contributed by atoms with Gasteiger partial charge in [0.05, 0.1) is 12.2 Å². The quantitative estimate of drug-likeness (QED) is 0.823. The monoisotopic (exact) mass is 278 g/mol. The molecule has 0 saturated heterocycles. The van der Waals surface area contributed by atoms with Crippen LogP contribution in [-0.4, -0.2) is 48.2 Å². The third kappa shape index (κ3) is 2.97. The number of hydrogen-bond acceptors (Lipinski definition) is 4. The molecule has 1 aliphatic heterocycles. The molecule has 1 atom stereocenters. The summed E-state index contributed by atoms with van der Waals surface area (Å²) in [4.78, 5) is 24.8. The van der Waals surface area contributed by atoms with Gasteiger partial charge < -0.3 is 20.5 Å². The number of carbonyl (C=O) groups is 2. The lowest BCUT2D eigenvalue weighted by molar-refractivity contribution is -0.134. The highest BCUT2D eigenvalue weighted by Crippen LogP contribution is 2.21. The Morgan fingerprint density at radius 2 is 2.20 bits per heavy atom. The second-order valence-corrected chi connectivity index (χ2v) is 4.86. The van der Waals surface area contributed by atoms with Crippen LogP contribution in [0.15, 0.2) is 18.2 Å². The molecule has 0 fully saturated rings. The van der Waals surface area contributed by atoms with Gasteiger partial charge in [-0.15, -0.1) is 0 Å². The zero-order valence-electron chi connectivity index (χ0n) is 11.3. The van der Waals surface area contributed by atoms with Gasteiger partial charge in [-0.2, -0.15) is 0 Å². The minimum absolute atomic E-state index is 0.168. The lowest BCUT2D eigenvalue weighted by atomic mass is 9.97. The normalized spacial score (nSPS) is 15.6. The van der Waals surface area contributed by atoms with Crippen molar-refractivity contribution in [1.29, 1.82) is 0 Å². The maximum atomic E-state index is 12.1. The number of carbonyl (C=O) groups excluding carboxylic acids is 1. The molecule has 0 spiro atoms. The first kappa shape index (κ1) is 14.5. The number of carboxylic acids is 1. The van der Waals surface area contributed by atoms with Crippen LogP contribution < -0.4 is 5.73 Å². The molecule has 3 N–H and O–H groups in total. The summed E-state index contributed by atoms with van der Waals surface area (Å²) in [6.07, 6.45) is 0.709. The molecule has 1 amide bonds. The van der Waals surface area contributed by atoms with Gasteiger partial charge in [-0.25, -0.2) is 4.79 Å². The molecule has 0 saturated carbocycles. The minimum Gasteiger partial charge on any atom is -0.478 e. The fourth-order valence-corrected chi connectivity index (χ4v) is 2.36. The highest BCUT2D eigenvalue weighted by Gasteiger charge is 2.25. The Hall–Kier alpha value is -1.92. The van der Waals surface area contributed by atoms with Crippen molar-refractivity contribution < 1.29 is 19.4 Å². The number of nitrogens with two attached hydrogens (primary N) is 1. The Bertz CT molecular complexity index is 530. The van der Waals surface area contributed by atoms with Crippen LogP contribution in [0.4, 0.5) is 0 Å². The van der Waals surface area contributed by atoms with E-state index >= 15 is 0 Å². The van der Waals surface area contributed by atoms with E-state index < -0.39 is 12.0 Å². The molecule has 1 aromatic rings. The molecule has 1 aromatic carbocycles. The molecule has 0 aliphatic carbocycles.